The fourth-order valence-corrected chi connectivity index (χ4v) is 4.15. The predicted molar refractivity (Wildman–Crippen MR) is 81.8 cm³/mol. The van der Waals surface area contributed by atoms with Crippen LogP contribution in [0.5, 0.6) is 0 Å². The molecule has 1 aromatic rings. The highest BCUT2D eigenvalue weighted by Crippen LogP contribution is 2.40. The molecule has 1 aliphatic carbocycles. The lowest BCUT2D eigenvalue weighted by Gasteiger charge is -2.27. The largest absolute Gasteiger partial charge is 0.370 e. The molecule has 0 radical (unpaired) electrons. The van der Waals surface area contributed by atoms with Gasteiger partial charge in [-0.2, -0.15) is 0 Å². The molecule has 5 nitrogen and oxygen atoms in total. The molecule has 2 N–H and O–H groups in total. The second-order valence-corrected chi connectivity index (χ2v) is 6.75. The fourth-order valence-electron chi connectivity index (χ4n) is 3.53. The maximum Gasteiger partial charge on any atom is 0.270 e. The van der Waals surface area contributed by atoms with Crippen LogP contribution in [-0.4, -0.2) is 24.1 Å². The molecule has 108 valence electrons. The number of halogens is 1. The first-order chi connectivity index (χ1) is 9.54. The Morgan fingerprint density at radius 2 is 2.05 bits per heavy atom. The summed E-state index contributed by atoms with van der Waals surface area (Å²) in [6.45, 7) is 2.04. The molecule has 1 aliphatic heterocycles. The molecule has 2 aliphatic rings. The minimum atomic E-state index is -0.364. The first-order valence-corrected chi connectivity index (χ1v) is 7.78. The molecule has 1 saturated carbocycles. The van der Waals surface area contributed by atoms with E-state index < -0.39 is 0 Å². The van der Waals surface area contributed by atoms with Crippen LogP contribution in [0.1, 0.15) is 19.3 Å². The summed E-state index contributed by atoms with van der Waals surface area (Å²) in [4.78, 5) is 12.8. The average Bonchev–Trinajstić information content (AvgIpc) is 2.80. The molecule has 3 rings (SSSR count). The van der Waals surface area contributed by atoms with Gasteiger partial charge in [0.15, 0.2) is 0 Å². The highest BCUT2D eigenvalue weighted by atomic mass is 79.9. The van der Waals surface area contributed by atoms with Crippen molar-refractivity contribution in [3.63, 3.8) is 0 Å². The van der Waals surface area contributed by atoms with E-state index in [0.29, 0.717) is 12.0 Å². The summed E-state index contributed by atoms with van der Waals surface area (Å²) < 4.78 is 0.801. The van der Waals surface area contributed by atoms with Crippen LogP contribution in [0.2, 0.25) is 0 Å². The van der Waals surface area contributed by atoms with Crippen LogP contribution in [0.15, 0.2) is 22.7 Å². The number of benzene rings is 1. The molecule has 0 amide bonds. The average molecular weight is 340 g/mol. The van der Waals surface area contributed by atoms with Gasteiger partial charge in [-0.25, -0.2) is 0 Å². The number of nitro benzene ring substituents is 1. The number of anilines is 1. The minimum absolute atomic E-state index is 0.124. The molecule has 1 heterocycles. The molecule has 1 aromatic carbocycles. The third-order valence-electron chi connectivity index (χ3n) is 4.57. The zero-order valence-electron chi connectivity index (χ0n) is 11.2. The summed E-state index contributed by atoms with van der Waals surface area (Å²) in [5.41, 5.74) is 7.23. The van der Waals surface area contributed by atoms with Crippen LogP contribution in [-0.2, 0) is 0 Å². The quantitative estimate of drug-likeness (QED) is 0.664. The van der Waals surface area contributed by atoms with Crippen LogP contribution in [0.3, 0.4) is 0 Å². The van der Waals surface area contributed by atoms with Gasteiger partial charge < -0.3 is 10.6 Å². The Labute approximate surface area is 126 Å². The molecule has 1 unspecified atom stereocenters. The zero-order valence-corrected chi connectivity index (χ0v) is 12.8. The van der Waals surface area contributed by atoms with Crippen molar-refractivity contribution in [1.82, 2.24) is 0 Å². The lowest BCUT2D eigenvalue weighted by atomic mass is 9.79. The number of rotatable bonds is 2. The van der Waals surface area contributed by atoms with E-state index in [0.717, 1.165) is 42.0 Å². The van der Waals surface area contributed by atoms with E-state index in [1.165, 1.54) is 6.42 Å². The topological polar surface area (TPSA) is 72.4 Å². The Morgan fingerprint density at radius 1 is 1.30 bits per heavy atom. The number of hydrogen-bond donors (Lipinski definition) is 1. The van der Waals surface area contributed by atoms with Crippen molar-refractivity contribution in [3.05, 3.63) is 32.8 Å². The number of nitrogens with two attached hydrogens (primary N) is 1. The van der Waals surface area contributed by atoms with Crippen LogP contribution in [0.4, 0.5) is 11.4 Å². The van der Waals surface area contributed by atoms with Crippen molar-refractivity contribution in [2.45, 2.75) is 25.3 Å². The third-order valence-corrected chi connectivity index (χ3v) is 5.21. The van der Waals surface area contributed by atoms with Gasteiger partial charge in [0.2, 0.25) is 0 Å². The summed E-state index contributed by atoms with van der Waals surface area (Å²) in [5.74, 6) is 1.39. The lowest BCUT2D eigenvalue weighted by molar-refractivity contribution is -0.384. The molecule has 0 aromatic heterocycles. The van der Waals surface area contributed by atoms with E-state index in [9.17, 15) is 10.1 Å². The number of hydrogen-bond acceptors (Lipinski definition) is 4. The van der Waals surface area contributed by atoms with Gasteiger partial charge in [-0.1, -0.05) is 0 Å². The predicted octanol–water partition coefficient (Wildman–Crippen LogP) is 2.92. The highest BCUT2D eigenvalue weighted by molar-refractivity contribution is 9.10. The monoisotopic (exact) mass is 339 g/mol. The number of non-ortho nitro benzene ring substituents is 1. The summed E-state index contributed by atoms with van der Waals surface area (Å²) >= 11 is 3.47. The minimum Gasteiger partial charge on any atom is -0.370 e. The number of nitro groups is 1. The Kier molecular flexibility index (Phi) is 3.69. The van der Waals surface area contributed by atoms with Gasteiger partial charge in [0, 0.05) is 35.7 Å². The second-order valence-electron chi connectivity index (χ2n) is 5.89. The first-order valence-electron chi connectivity index (χ1n) is 6.99. The zero-order chi connectivity index (χ0) is 14.3. The molecular formula is C14H18BrN3O2. The summed E-state index contributed by atoms with van der Waals surface area (Å²) in [6.07, 6.45) is 3.43. The van der Waals surface area contributed by atoms with Crippen LogP contribution < -0.4 is 10.6 Å². The Hall–Kier alpha value is -1.14. The maximum atomic E-state index is 10.8. The molecule has 3 atom stereocenters. The van der Waals surface area contributed by atoms with Crippen LogP contribution >= 0.6 is 15.9 Å². The highest BCUT2D eigenvalue weighted by Gasteiger charge is 2.37. The van der Waals surface area contributed by atoms with Gasteiger partial charge in [0.05, 0.1) is 10.6 Å². The first kappa shape index (κ1) is 13.8. The Morgan fingerprint density at radius 3 is 2.75 bits per heavy atom. The smallest absolute Gasteiger partial charge is 0.270 e. The number of nitrogens with zero attached hydrogens (tertiary/aromatic N) is 2. The van der Waals surface area contributed by atoms with E-state index in [-0.39, 0.29) is 10.6 Å². The van der Waals surface area contributed by atoms with Crippen molar-refractivity contribution in [2.75, 3.05) is 18.0 Å². The van der Waals surface area contributed by atoms with E-state index >= 15 is 0 Å². The molecular weight excluding hydrogens is 322 g/mol. The van der Waals surface area contributed by atoms with Crippen molar-refractivity contribution >= 4 is 27.3 Å². The van der Waals surface area contributed by atoms with Crippen LogP contribution in [0.25, 0.3) is 0 Å². The molecule has 6 heteroatoms. The third kappa shape index (κ3) is 2.54. The van der Waals surface area contributed by atoms with Crippen molar-refractivity contribution in [1.29, 1.82) is 0 Å². The lowest BCUT2D eigenvalue weighted by Crippen LogP contribution is -2.32. The Balaban J connectivity index is 1.79. The molecule has 2 fully saturated rings. The summed E-state index contributed by atoms with van der Waals surface area (Å²) in [7, 11) is 0. The second kappa shape index (κ2) is 5.33. The molecule has 0 spiro atoms. The molecule has 20 heavy (non-hydrogen) atoms. The number of fused-ring (bicyclic) bond motifs is 1. The van der Waals surface area contributed by atoms with Gasteiger partial charge in [-0.05, 0) is 53.1 Å². The normalized spacial score (nSPS) is 29.3. The van der Waals surface area contributed by atoms with E-state index in [1.54, 1.807) is 12.1 Å². The standard InChI is InChI=1S/C14H18BrN3O2/c15-13-6-12(18(19)20)3-4-14(13)17-7-9-1-2-11(16)5-10(9)8-17/h3-4,6,9-11H,1-2,5,7-8,16H2/t9-,10+,11?/m1/s1. The van der Waals surface area contributed by atoms with Crippen molar-refractivity contribution in [2.24, 2.45) is 17.6 Å². The van der Waals surface area contributed by atoms with Gasteiger partial charge >= 0.3 is 0 Å². The van der Waals surface area contributed by atoms with E-state index in [4.69, 9.17) is 5.73 Å². The van der Waals surface area contributed by atoms with E-state index in [1.807, 2.05) is 6.07 Å². The SMILES string of the molecule is NC1CC[C@@H]2CN(c3ccc([N+](=O)[O-])cc3Br)C[C@@H]2C1. The molecule has 1 saturated heterocycles. The maximum absolute atomic E-state index is 10.8. The molecule has 0 bridgehead atoms. The van der Waals surface area contributed by atoms with Gasteiger partial charge in [0.25, 0.3) is 5.69 Å². The summed E-state index contributed by atoms with van der Waals surface area (Å²) in [5, 5.41) is 10.8. The van der Waals surface area contributed by atoms with Gasteiger partial charge in [0.1, 0.15) is 0 Å². The van der Waals surface area contributed by atoms with Crippen molar-refractivity contribution < 1.29 is 4.92 Å². The fraction of sp³-hybridized carbons (Fsp3) is 0.571. The van der Waals surface area contributed by atoms with Crippen molar-refractivity contribution in [3.8, 4) is 0 Å². The van der Waals surface area contributed by atoms with Crippen LogP contribution in [0, 0.1) is 22.0 Å². The summed E-state index contributed by atoms with van der Waals surface area (Å²) in [6, 6.07) is 5.35. The van der Waals surface area contributed by atoms with Gasteiger partial charge in [-0.15, -0.1) is 0 Å². The van der Waals surface area contributed by atoms with Gasteiger partial charge in [-0.3, -0.25) is 10.1 Å². The van der Waals surface area contributed by atoms with E-state index in [2.05, 4.69) is 20.8 Å². The Bertz CT molecular complexity index is 537.